The van der Waals surface area contributed by atoms with Gasteiger partial charge in [-0.2, -0.15) is 13.2 Å². The van der Waals surface area contributed by atoms with Crippen LogP contribution in [0, 0.1) is 0 Å². The molecule has 1 atom stereocenters. The average molecular weight is 505 g/mol. The van der Waals surface area contributed by atoms with Gasteiger partial charge in [0.2, 0.25) is 11.8 Å². The van der Waals surface area contributed by atoms with Crippen LogP contribution in [-0.2, 0) is 15.8 Å². The van der Waals surface area contributed by atoms with Gasteiger partial charge in [-0.3, -0.25) is 19.5 Å². The highest BCUT2D eigenvalue weighted by Gasteiger charge is 2.44. The summed E-state index contributed by atoms with van der Waals surface area (Å²) in [5, 5.41) is 10.8. The van der Waals surface area contributed by atoms with Gasteiger partial charge in [-0.05, 0) is 60.5 Å². The maximum atomic E-state index is 14.2. The van der Waals surface area contributed by atoms with E-state index in [1.165, 1.54) is 17.0 Å². The molecule has 0 aromatic heterocycles. The second-order valence-electron chi connectivity index (χ2n) is 8.65. The Labute approximate surface area is 211 Å². The average Bonchev–Trinajstić information content (AvgIpc) is 3.39. The van der Waals surface area contributed by atoms with Gasteiger partial charge in [0.05, 0.1) is 23.5 Å². The third-order valence-corrected chi connectivity index (χ3v) is 6.46. The van der Waals surface area contributed by atoms with Crippen LogP contribution in [0.4, 0.5) is 30.2 Å². The number of benzene rings is 3. The fourth-order valence-electron chi connectivity index (χ4n) is 4.68. The maximum Gasteiger partial charge on any atom is 0.416 e. The first-order valence-corrected chi connectivity index (χ1v) is 11.7. The predicted molar refractivity (Wildman–Crippen MR) is 135 cm³/mol. The molecule has 9 heteroatoms. The van der Waals surface area contributed by atoms with Crippen molar-refractivity contribution >= 4 is 40.7 Å². The number of phenols is 1. The molecule has 2 heterocycles. The molecule has 1 unspecified atom stereocenters. The lowest BCUT2D eigenvalue weighted by molar-refractivity contribution is -0.137. The van der Waals surface area contributed by atoms with Crippen LogP contribution in [0.3, 0.4) is 0 Å². The number of likely N-dealkylation sites (N-methyl/N-ethyl adjacent to an activating group) is 1. The molecule has 0 bridgehead atoms. The van der Waals surface area contributed by atoms with Crippen molar-refractivity contribution in [3.05, 3.63) is 89.5 Å². The third-order valence-electron chi connectivity index (χ3n) is 6.46. The number of para-hydroxylation sites is 1. The highest BCUT2D eigenvalue weighted by molar-refractivity contribution is 6.23. The largest absolute Gasteiger partial charge is 0.508 e. The molecule has 0 spiro atoms. The normalized spacial score (nSPS) is 17.6. The van der Waals surface area contributed by atoms with E-state index in [0.717, 1.165) is 22.6 Å². The number of allylic oxidation sites excluding steroid dienone is 1. The van der Waals surface area contributed by atoms with E-state index in [9.17, 15) is 27.9 Å². The molecule has 3 aromatic carbocycles. The Morgan fingerprint density at radius 2 is 1.73 bits per heavy atom. The Kier molecular flexibility index (Phi) is 6.07. The molecule has 188 valence electrons. The van der Waals surface area contributed by atoms with Crippen molar-refractivity contribution in [3.8, 4) is 5.75 Å². The van der Waals surface area contributed by atoms with Crippen LogP contribution >= 0.6 is 0 Å². The number of aromatic hydroxyl groups is 1. The monoisotopic (exact) mass is 505 g/mol. The number of nitrogens with zero attached hydrogens (tertiary/aromatic N) is 3. The van der Waals surface area contributed by atoms with E-state index in [4.69, 9.17) is 0 Å². The summed E-state index contributed by atoms with van der Waals surface area (Å²) < 4.78 is 41.1. The van der Waals surface area contributed by atoms with Crippen LogP contribution in [0.15, 0.2) is 77.8 Å². The first-order valence-electron chi connectivity index (χ1n) is 11.7. The minimum absolute atomic E-state index is 0.0648. The number of phenolic OH excluding ortho intramolecular Hbond substituents is 1. The molecule has 37 heavy (non-hydrogen) atoms. The number of hydrogen-bond donors (Lipinski definition) is 1. The third kappa shape index (κ3) is 4.26. The summed E-state index contributed by atoms with van der Waals surface area (Å²) in [5.41, 5.74) is 0.956. The number of amides is 2. The molecule has 0 aliphatic carbocycles. The number of anilines is 3. The van der Waals surface area contributed by atoms with Crippen molar-refractivity contribution in [1.29, 1.82) is 0 Å². The first kappa shape index (κ1) is 24.3. The molecule has 2 aliphatic rings. The van der Waals surface area contributed by atoms with Crippen LogP contribution in [0.5, 0.6) is 5.75 Å². The van der Waals surface area contributed by atoms with Crippen molar-refractivity contribution in [3.63, 3.8) is 0 Å². The number of hydrogen-bond acceptors (Lipinski definition) is 4. The zero-order chi connectivity index (χ0) is 26.3. The Morgan fingerprint density at radius 3 is 2.38 bits per heavy atom. The standard InChI is InChI=1S/C28H22F3N3O3/c1-2-33-22-10-9-19(28(29,30)31)15-23(22)34(20-6-4-3-5-7-20)27(37)25(26(33)36)21-14-17(8-11-24(21)35)18-12-13-32-16-18/h3-12,14-16,25,35H,2,13H2,1H3. The Balaban J connectivity index is 1.75. The predicted octanol–water partition coefficient (Wildman–Crippen LogP) is 5.69. The van der Waals surface area contributed by atoms with Crippen molar-refractivity contribution in [1.82, 2.24) is 0 Å². The second-order valence-corrected chi connectivity index (χ2v) is 8.65. The van der Waals surface area contributed by atoms with Crippen LogP contribution in [0.25, 0.3) is 5.57 Å². The van der Waals surface area contributed by atoms with Crippen LogP contribution < -0.4 is 9.80 Å². The van der Waals surface area contributed by atoms with E-state index in [1.54, 1.807) is 55.6 Å². The van der Waals surface area contributed by atoms with E-state index >= 15 is 0 Å². The minimum Gasteiger partial charge on any atom is -0.508 e. The molecular weight excluding hydrogens is 483 g/mol. The molecule has 0 saturated heterocycles. The summed E-state index contributed by atoms with van der Waals surface area (Å²) in [6.07, 6.45) is -1.12. The summed E-state index contributed by atoms with van der Waals surface area (Å²) >= 11 is 0. The van der Waals surface area contributed by atoms with Crippen molar-refractivity contribution < 1.29 is 27.9 Å². The topological polar surface area (TPSA) is 73.2 Å². The number of carbonyl (C=O) groups is 2. The van der Waals surface area contributed by atoms with Crippen molar-refractivity contribution in [2.24, 2.45) is 4.99 Å². The van der Waals surface area contributed by atoms with E-state index < -0.39 is 29.5 Å². The van der Waals surface area contributed by atoms with Gasteiger partial charge < -0.3 is 10.0 Å². The molecule has 6 nitrogen and oxygen atoms in total. The Morgan fingerprint density at radius 1 is 0.973 bits per heavy atom. The zero-order valence-electron chi connectivity index (χ0n) is 19.7. The van der Waals surface area contributed by atoms with Gasteiger partial charge in [0.15, 0.2) is 0 Å². The lowest BCUT2D eigenvalue weighted by Crippen LogP contribution is -2.39. The fraction of sp³-hybridized carbons (Fsp3) is 0.179. The Bertz CT molecular complexity index is 1450. The Hall–Kier alpha value is -4.40. The van der Waals surface area contributed by atoms with Gasteiger partial charge in [0.1, 0.15) is 11.7 Å². The summed E-state index contributed by atoms with van der Waals surface area (Å²) in [6, 6.07) is 15.8. The van der Waals surface area contributed by atoms with Crippen LogP contribution in [0.1, 0.15) is 29.5 Å². The van der Waals surface area contributed by atoms with Crippen LogP contribution in [0.2, 0.25) is 0 Å². The molecular formula is C28H22F3N3O3. The number of rotatable bonds is 4. The maximum absolute atomic E-state index is 14.2. The van der Waals surface area contributed by atoms with Crippen molar-refractivity contribution in [2.45, 2.75) is 19.0 Å². The van der Waals surface area contributed by atoms with E-state index in [1.807, 2.05) is 6.08 Å². The van der Waals surface area contributed by atoms with Gasteiger partial charge in [-0.1, -0.05) is 30.3 Å². The number of fused-ring (bicyclic) bond motifs is 1. The zero-order valence-corrected chi connectivity index (χ0v) is 19.7. The summed E-state index contributed by atoms with van der Waals surface area (Å²) in [7, 11) is 0. The molecule has 2 amide bonds. The van der Waals surface area contributed by atoms with E-state index in [-0.39, 0.29) is 29.2 Å². The smallest absolute Gasteiger partial charge is 0.416 e. The molecule has 1 N–H and O–H groups in total. The van der Waals surface area contributed by atoms with Crippen molar-refractivity contribution in [2.75, 3.05) is 22.9 Å². The number of halogens is 3. The first-order chi connectivity index (χ1) is 17.7. The highest BCUT2D eigenvalue weighted by atomic mass is 19.4. The molecule has 0 radical (unpaired) electrons. The molecule has 2 aliphatic heterocycles. The number of alkyl halides is 3. The number of carbonyl (C=O) groups excluding carboxylic acids is 2. The quantitative estimate of drug-likeness (QED) is 0.463. The summed E-state index contributed by atoms with van der Waals surface area (Å²) in [5.74, 6) is -3.18. The summed E-state index contributed by atoms with van der Waals surface area (Å²) in [6.45, 7) is 2.27. The van der Waals surface area contributed by atoms with Crippen LogP contribution in [-0.4, -0.2) is 36.2 Å². The molecule has 3 aromatic rings. The molecule has 5 rings (SSSR count). The number of aliphatic imine (C=N–C) groups is 1. The fourth-order valence-corrected chi connectivity index (χ4v) is 4.68. The lowest BCUT2D eigenvalue weighted by atomic mass is 9.92. The SMILES string of the molecule is CCN1C(=O)C(c2cc(C3=CCN=C3)ccc2O)C(=O)N(c2ccccc2)c2cc(C(F)(F)F)ccc21. The van der Waals surface area contributed by atoms with Gasteiger partial charge in [-0.15, -0.1) is 0 Å². The lowest BCUT2D eigenvalue weighted by Gasteiger charge is -2.26. The van der Waals surface area contributed by atoms with Gasteiger partial charge >= 0.3 is 6.18 Å². The van der Waals surface area contributed by atoms with Gasteiger partial charge in [0, 0.05) is 24.0 Å². The highest BCUT2D eigenvalue weighted by Crippen LogP contribution is 2.45. The van der Waals surface area contributed by atoms with E-state index in [0.29, 0.717) is 17.8 Å². The second kappa shape index (κ2) is 9.24. The minimum atomic E-state index is -4.66. The molecule has 0 fully saturated rings. The van der Waals surface area contributed by atoms with Gasteiger partial charge in [-0.25, -0.2) is 0 Å². The summed E-state index contributed by atoms with van der Waals surface area (Å²) in [4.78, 5) is 34.6. The van der Waals surface area contributed by atoms with E-state index in [2.05, 4.69) is 4.99 Å². The van der Waals surface area contributed by atoms with Gasteiger partial charge in [0.25, 0.3) is 0 Å². The molecule has 0 saturated carbocycles.